The Morgan fingerprint density at radius 3 is 2.90 bits per heavy atom. The predicted octanol–water partition coefficient (Wildman–Crippen LogP) is 3.02. The zero-order valence-electron chi connectivity index (χ0n) is 13.2. The average Bonchev–Trinajstić information content (AvgIpc) is 2.94. The smallest absolute Gasteiger partial charge is 0.123 e. The van der Waals surface area contributed by atoms with Crippen molar-refractivity contribution < 1.29 is 4.74 Å². The van der Waals surface area contributed by atoms with Gasteiger partial charge in [0, 0.05) is 24.5 Å². The second kappa shape index (κ2) is 7.84. The lowest BCUT2D eigenvalue weighted by Crippen LogP contribution is -2.19. The first kappa shape index (κ1) is 15.6. The Hall–Kier alpha value is -1.81. The molecule has 1 aromatic heterocycles. The maximum absolute atomic E-state index is 5.92. The fourth-order valence-corrected chi connectivity index (χ4v) is 2.16. The lowest BCUT2D eigenvalue weighted by molar-refractivity contribution is 0.288. The third kappa shape index (κ3) is 5.23. The quantitative estimate of drug-likeness (QED) is 0.811. The predicted molar refractivity (Wildman–Crippen MR) is 85.4 cm³/mol. The molecule has 0 radical (unpaired) electrons. The first-order valence-electron chi connectivity index (χ1n) is 7.55. The molecule has 0 saturated heterocycles. The van der Waals surface area contributed by atoms with Gasteiger partial charge in [0.25, 0.3) is 0 Å². The summed E-state index contributed by atoms with van der Waals surface area (Å²) in [5.41, 5.74) is 2.48. The van der Waals surface area contributed by atoms with Crippen molar-refractivity contribution in [3.8, 4) is 5.75 Å². The SMILES string of the molecule is Cc1ccc(OCCn2cccn2)c(CNCC(C)C)c1. The van der Waals surface area contributed by atoms with Crippen molar-refractivity contribution in [3.05, 3.63) is 47.8 Å². The molecule has 0 spiro atoms. The van der Waals surface area contributed by atoms with Crippen molar-refractivity contribution in [2.75, 3.05) is 13.2 Å². The van der Waals surface area contributed by atoms with Gasteiger partial charge in [0.1, 0.15) is 12.4 Å². The number of aryl methyl sites for hydroxylation is 1. The summed E-state index contributed by atoms with van der Waals surface area (Å²) in [6, 6.07) is 8.27. The van der Waals surface area contributed by atoms with Crippen LogP contribution in [-0.4, -0.2) is 22.9 Å². The van der Waals surface area contributed by atoms with Crippen molar-refractivity contribution >= 4 is 0 Å². The molecular formula is C17H25N3O. The molecule has 0 amide bonds. The van der Waals surface area contributed by atoms with Crippen LogP contribution in [-0.2, 0) is 13.1 Å². The van der Waals surface area contributed by atoms with E-state index in [4.69, 9.17) is 4.74 Å². The second-order valence-corrected chi connectivity index (χ2v) is 5.75. The van der Waals surface area contributed by atoms with Crippen LogP contribution < -0.4 is 10.1 Å². The molecule has 4 heteroatoms. The molecule has 1 aromatic carbocycles. The fraction of sp³-hybridized carbons (Fsp3) is 0.471. The molecule has 2 aromatic rings. The summed E-state index contributed by atoms with van der Waals surface area (Å²) in [6.45, 7) is 9.79. The Kier molecular flexibility index (Phi) is 5.81. The third-order valence-corrected chi connectivity index (χ3v) is 3.22. The first-order valence-corrected chi connectivity index (χ1v) is 7.55. The van der Waals surface area contributed by atoms with Crippen LogP contribution in [0.2, 0.25) is 0 Å². The minimum Gasteiger partial charge on any atom is -0.491 e. The summed E-state index contributed by atoms with van der Waals surface area (Å²) >= 11 is 0. The van der Waals surface area contributed by atoms with E-state index in [1.54, 1.807) is 6.20 Å². The monoisotopic (exact) mass is 287 g/mol. The van der Waals surface area contributed by atoms with E-state index >= 15 is 0 Å². The topological polar surface area (TPSA) is 39.1 Å². The summed E-state index contributed by atoms with van der Waals surface area (Å²) in [7, 11) is 0. The standard InChI is InChI=1S/C17H25N3O/c1-14(2)12-18-13-16-11-15(3)5-6-17(16)21-10-9-20-8-4-7-19-20/h4-8,11,14,18H,9-10,12-13H2,1-3H3. The van der Waals surface area contributed by atoms with Crippen LogP contribution in [0.5, 0.6) is 5.75 Å². The van der Waals surface area contributed by atoms with Gasteiger partial charge < -0.3 is 10.1 Å². The molecular weight excluding hydrogens is 262 g/mol. The van der Waals surface area contributed by atoms with Gasteiger partial charge in [-0.2, -0.15) is 5.10 Å². The van der Waals surface area contributed by atoms with Gasteiger partial charge in [-0.05, 0) is 31.5 Å². The summed E-state index contributed by atoms with van der Waals surface area (Å²) in [5, 5.41) is 7.65. The number of aromatic nitrogens is 2. The van der Waals surface area contributed by atoms with Crippen molar-refractivity contribution in [2.45, 2.75) is 33.9 Å². The van der Waals surface area contributed by atoms with Gasteiger partial charge in [-0.1, -0.05) is 31.5 Å². The molecule has 0 saturated carbocycles. The molecule has 0 aliphatic heterocycles. The van der Waals surface area contributed by atoms with Gasteiger partial charge >= 0.3 is 0 Å². The largest absolute Gasteiger partial charge is 0.491 e. The zero-order valence-corrected chi connectivity index (χ0v) is 13.2. The van der Waals surface area contributed by atoms with E-state index in [2.05, 4.69) is 49.4 Å². The van der Waals surface area contributed by atoms with Gasteiger partial charge in [-0.15, -0.1) is 0 Å². The van der Waals surface area contributed by atoms with Crippen LogP contribution in [0.15, 0.2) is 36.7 Å². The number of nitrogens with zero attached hydrogens (tertiary/aromatic N) is 2. The second-order valence-electron chi connectivity index (χ2n) is 5.75. The van der Waals surface area contributed by atoms with Gasteiger partial charge in [-0.25, -0.2) is 0 Å². The number of nitrogens with one attached hydrogen (secondary N) is 1. The van der Waals surface area contributed by atoms with Crippen molar-refractivity contribution in [1.82, 2.24) is 15.1 Å². The molecule has 0 unspecified atom stereocenters. The Morgan fingerprint density at radius 1 is 1.33 bits per heavy atom. The van der Waals surface area contributed by atoms with Crippen molar-refractivity contribution in [3.63, 3.8) is 0 Å². The van der Waals surface area contributed by atoms with Crippen LogP contribution >= 0.6 is 0 Å². The van der Waals surface area contributed by atoms with E-state index in [9.17, 15) is 0 Å². The van der Waals surface area contributed by atoms with E-state index in [-0.39, 0.29) is 0 Å². The van der Waals surface area contributed by atoms with Gasteiger partial charge in [-0.3, -0.25) is 4.68 Å². The normalized spacial score (nSPS) is 11.0. The lowest BCUT2D eigenvalue weighted by Gasteiger charge is -2.14. The van der Waals surface area contributed by atoms with Crippen molar-refractivity contribution in [2.24, 2.45) is 5.92 Å². The van der Waals surface area contributed by atoms with Crippen molar-refractivity contribution in [1.29, 1.82) is 0 Å². The molecule has 0 fully saturated rings. The molecule has 2 rings (SSSR count). The molecule has 1 heterocycles. The first-order chi connectivity index (χ1) is 10.1. The Bertz CT molecular complexity index is 535. The van der Waals surface area contributed by atoms with Crippen LogP contribution in [0.4, 0.5) is 0 Å². The minimum absolute atomic E-state index is 0.627. The van der Waals surface area contributed by atoms with E-state index < -0.39 is 0 Å². The van der Waals surface area contributed by atoms with E-state index in [1.165, 1.54) is 11.1 Å². The Morgan fingerprint density at radius 2 is 2.19 bits per heavy atom. The number of hydrogen-bond donors (Lipinski definition) is 1. The number of benzene rings is 1. The van der Waals surface area contributed by atoms with Crippen LogP contribution in [0.3, 0.4) is 0 Å². The summed E-state index contributed by atoms with van der Waals surface area (Å²) in [6.07, 6.45) is 3.73. The third-order valence-electron chi connectivity index (χ3n) is 3.22. The molecule has 4 nitrogen and oxygen atoms in total. The molecule has 21 heavy (non-hydrogen) atoms. The van der Waals surface area contributed by atoms with Crippen LogP contribution in [0, 0.1) is 12.8 Å². The molecule has 0 aliphatic carbocycles. The highest BCUT2D eigenvalue weighted by molar-refractivity contribution is 5.36. The van der Waals surface area contributed by atoms with Gasteiger partial charge in [0.15, 0.2) is 0 Å². The van der Waals surface area contributed by atoms with Crippen LogP contribution in [0.25, 0.3) is 0 Å². The van der Waals surface area contributed by atoms with Crippen LogP contribution in [0.1, 0.15) is 25.0 Å². The maximum atomic E-state index is 5.92. The zero-order chi connectivity index (χ0) is 15.1. The molecule has 114 valence electrons. The summed E-state index contributed by atoms with van der Waals surface area (Å²) in [5.74, 6) is 1.61. The number of ether oxygens (including phenoxy) is 1. The molecule has 0 atom stereocenters. The Labute approximate surface area is 127 Å². The van der Waals surface area contributed by atoms with E-state index in [1.807, 2.05) is 16.9 Å². The highest BCUT2D eigenvalue weighted by Crippen LogP contribution is 2.20. The number of hydrogen-bond acceptors (Lipinski definition) is 3. The lowest BCUT2D eigenvalue weighted by atomic mass is 10.1. The molecule has 0 aliphatic rings. The van der Waals surface area contributed by atoms with Gasteiger partial charge in [0.05, 0.1) is 6.54 Å². The molecule has 0 bridgehead atoms. The highest BCUT2D eigenvalue weighted by Gasteiger charge is 2.05. The van der Waals surface area contributed by atoms with Gasteiger partial charge in [0.2, 0.25) is 0 Å². The summed E-state index contributed by atoms with van der Waals surface area (Å²) < 4.78 is 7.80. The van der Waals surface area contributed by atoms with E-state index in [0.717, 1.165) is 25.4 Å². The summed E-state index contributed by atoms with van der Waals surface area (Å²) in [4.78, 5) is 0. The minimum atomic E-state index is 0.627. The fourth-order valence-electron chi connectivity index (χ4n) is 2.16. The highest BCUT2D eigenvalue weighted by atomic mass is 16.5. The molecule has 1 N–H and O–H groups in total. The number of rotatable bonds is 8. The maximum Gasteiger partial charge on any atom is 0.123 e. The average molecular weight is 287 g/mol. The Balaban J connectivity index is 1.90. The van der Waals surface area contributed by atoms with E-state index in [0.29, 0.717) is 12.5 Å².